The van der Waals surface area contributed by atoms with Gasteiger partial charge in [-0.1, -0.05) is 29.3 Å². The van der Waals surface area contributed by atoms with Gasteiger partial charge < -0.3 is 14.8 Å². The minimum absolute atomic E-state index is 0.0976. The van der Waals surface area contributed by atoms with Crippen LogP contribution in [0.25, 0.3) is 0 Å². The summed E-state index contributed by atoms with van der Waals surface area (Å²) in [5, 5.41) is 6.30. The zero-order valence-corrected chi connectivity index (χ0v) is 15.7. The molecular weight excluding hydrogens is 383 g/mol. The maximum Gasteiger partial charge on any atom is 0.257 e. The number of carbonyl (C=O) groups is 1. The maximum atomic E-state index is 12.2. The number of benzene rings is 2. The third kappa shape index (κ3) is 5.86. The Kier molecular flexibility index (Phi) is 7.46. The number of thiocarbonyl (C=S) groups is 1. The number of carbonyl (C=O) groups excluding carboxylic acids is 1. The van der Waals surface area contributed by atoms with E-state index in [0.717, 1.165) is 0 Å². The Morgan fingerprint density at radius 2 is 1.72 bits per heavy atom. The molecule has 0 radical (unpaired) electrons. The van der Waals surface area contributed by atoms with Crippen molar-refractivity contribution in [3.63, 3.8) is 0 Å². The molecule has 8 heteroatoms. The van der Waals surface area contributed by atoms with Crippen molar-refractivity contribution >= 4 is 52.1 Å². The average Bonchev–Trinajstić information content (AvgIpc) is 2.59. The second kappa shape index (κ2) is 9.58. The molecule has 0 saturated heterocycles. The molecule has 0 aliphatic rings. The van der Waals surface area contributed by atoms with Crippen LogP contribution in [0.2, 0.25) is 10.0 Å². The highest BCUT2D eigenvalue weighted by Crippen LogP contribution is 2.29. The molecule has 0 aliphatic carbocycles. The van der Waals surface area contributed by atoms with Gasteiger partial charge >= 0.3 is 0 Å². The van der Waals surface area contributed by atoms with Crippen LogP contribution >= 0.6 is 35.4 Å². The van der Waals surface area contributed by atoms with E-state index in [0.29, 0.717) is 40.3 Å². The highest BCUT2D eigenvalue weighted by atomic mass is 35.5. The van der Waals surface area contributed by atoms with E-state index in [1.54, 1.807) is 49.6 Å². The summed E-state index contributed by atoms with van der Waals surface area (Å²) in [6.07, 6.45) is 0. The molecule has 5 nitrogen and oxygen atoms in total. The Balaban J connectivity index is 1.93. The van der Waals surface area contributed by atoms with Crippen molar-refractivity contribution in [3.05, 3.63) is 58.1 Å². The number of hydrogen-bond donors (Lipinski definition) is 2. The average molecular weight is 399 g/mol. The van der Waals surface area contributed by atoms with Crippen LogP contribution in [0.3, 0.4) is 0 Å². The number of ether oxygens (including phenoxy) is 2. The predicted octanol–water partition coefficient (Wildman–Crippen LogP) is 4.15. The van der Waals surface area contributed by atoms with Crippen LogP contribution in [-0.4, -0.2) is 31.3 Å². The topological polar surface area (TPSA) is 59.6 Å². The first-order valence-electron chi connectivity index (χ1n) is 7.29. The highest BCUT2D eigenvalue weighted by Gasteiger charge is 2.11. The zero-order valence-electron chi connectivity index (χ0n) is 13.3. The predicted molar refractivity (Wildman–Crippen MR) is 104 cm³/mol. The van der Waals surface area contributed by atoms with E-state index < -0.39 is 0 Å². The van der Waals surface area contributed by atoms with E-state index >= 15 is 0 Å². The van der Waals surface area contributed by atoms with Crippen molar-refractivity contribution in [1.82, 2.24) is 5.32 Å². The lowest BCUT2D eigenvalue weighted by molar-refractivity contribution is 0.0977. The molecule has 0 heterocycles. The summed E-state index contributed by atoms with van der Waals surface area (Å²) in [6, 6.07) is 11.7. The van der Waals surface area contributed by atoms with Crippen molar-refractivity contribution in [3.8, 4) is 5.75 Å². The van der Waals surface area contributed by atoms with Gasteiger partial charge in [-0.05, 0) is 48.6 Å². The van der Waals surface area contributed by atoms with Gasteiger partial charge in [0.05, 0.1) is 22.3 Å². The van der Waals surface area contributed by atoms with Crippen LogP contribution in [0.4, 0.5) is 5.69 Å². The minimum Gasteiger partial charge on any atom is -0.491 e. The smallest absolute Gasteiger partial charge is 0.257 e. The lowest BCUT2D eigenvalue weighted by Gasteiger charge is -2.12. The minimum atomic E-state index is -0.357. The summed E-state index contributed by atoms with van der Waals surface area (Å²) in [5.41, 5.74) is 0.881. The first-order valence-corrected chi connectivity index (χ1v) is 8.46. The Morgan fingerprint density at radius 3 is 2.32 bits per heavy atom. The first-order chi connectivity index (χ1) is 12.0. The molecule has 2 N–H and O–H groups in total. The Bertz CT molecular complexity index is 734. The molecule has 132 valence electrons. The van der Waals surface area contributed by atoms with E-state index in [2.05, 4.69) is 10.6 Å². The van der Waals surface area contributed by atoms with Crippen molar-refractivity contribution in [2.45, 2.75) is 0 Å². The Hall–Kier alpha value is -1.86. The molecule has 0 bridgehead atoms. The Morgan fingerprint density at radius 1 is 1.08 bits per heavy atom. The van der Waals surface area contributed by atoms with Gasteiger partial charge in [-0.3, -0.25) is 10.1 Å². The number of amides is 1. The SMILES string of the molecule is COCCOc1ccc(C(=O)NC(=S)Nc2c(Cl)cccc2Cl)cc1. The lowest BCUT2D eigenvalue weighted by atomic mass is 10.2. The van der Waals surface area contributed by atoms with Gasteiger partial charge in [-0.25, -0.2) is 0 Å². The van der Waals surface area contributed by atoms with E-state index in [-0.39, 0.29) is 11.0 Å². The first kappa shape index (κ1) is 19.5. The summed E-state index contributed by atoms with van der Waals surface area (Å²) in [5.74, 6) is 0.293. The fourth-order valence-electron chi connectivity index (χ4n) is 1.88. The third-order valence-corrected chi connectivity index (χ3v) is 3.94. The summed E-state index contributed by atoms with van der Waals surface area (Å²) < 4.78 is 10.3. The molecule has 0 aromatic heterocycles. The van der Waals surface area contributed by atoms with Gasteiger partial charge in [-0.2, -0.15) is 0 Å². The quantitative estimate of drug-likeness (QED) is 0.565. The number of rotatable bonds is 6. The normalized spacial score (nSPS) is 10.2. The van der Waals surface area contributed by atoms with Gasteiger partial charge in [0, 0.05) is 12.7 Å². The lowest BCUT2D eigenvalue weighted by Crippen LogP contribution is -2.34. The standard InChI is InChI=1S/C17H16Cl2N2O3S/c1-23-9-10-24-12-7-5-11(6-8-12)16(22)21-17(25)20-15-13(18)3-2-4-14(15)19/h2-8H,9-10H2,1H3,(H2,20,21,22,25). The number of anilines is 1. The second-order valence-corrected chi connectivity index (χ2v) is 6.09. The zero-order chi connectivity index (χ0) is 18.2. The number of halogens is 2. The monoisotopic (exact) mass is 398 g/mol. The molecule has 0 spiro atoms. The number of methoxy groups -OCH3 is 1. The van der Waals surface area contributed by atoms with Crippen molar-refractivity contribution in [2.75, 3.05) is 25.6 Å². The van der Waals surface area contributed by atoms with Crippen LogP contribution in [0.15, 0.2) is 42.5 Å². The summed E-state index contributed by atoms with van der Waals surface area (Å²) in [4.78, 5) is 12.2. The number of para-hydroxylation sites is 1. The van der Waals surface area contributed by atoms with E-state index in [1.807, 2.05) is 0 Å². The van der Waals surface area contributed by atoms with Crippen LogP contribution in [-0.2, 0) is 4.74 Å². The van der Waals surface area contributed by atoms with Gasteiger partial charge in [0.25, 0.3) is 5.91 Å². The summed E-state index contributed by atoms with van der Waals surface area (Å²) in [6.45, 7) is 0.932. The third-order valence-electron chi connectivity index (χ3n) is 3.10. The molecule has 2 aromatic carbocycles. The molecule has 0 unspecified atom stereocenters. The molecule has 0 fully saturated rings. The molecule has 0 saturated carbocycles. The number of nitrogens with one attached hydrogen (secondary N) is 2. The fraction of sp³-hybridized carbons (Fsp3) is 0.176. The fourth-order valence-corrected chi connectivity index (χ4v) is 2.57. The van der Waals surface area contributed by atoms with Gasteiger partial charge in [0.15, 0.2) is 5.11 Å². The van der Waals surface area contributed by atoms with Gasteiger partial charge in [0.1, 0.15) is 12.4 Å². The molecule has 0 aliphatic heterocycles. The van der Waals surface area contributed by atoms with Gasteiger partial charge in [-0.15, -0.1) is 0 Å². The highest BCUT2D eigenvalue weighted by molar-refractivity contribution is 7.80. The number of hydrogen-bond acceptors (Lipinski definition) is 4. The van der Waals surface area contributed by atoms with Crippen LogP contribution in [0.1, 0.15) is 10.4 Å². The van der Waals surface area contributed by atoms with Gasteiger partial charge in [0.2, 0.25) is 0 Å². The van der Waals surface area contributed by atoms with E-state index in [4.69, 9.17) is 44.9 Å². The molecule has 0 atom stereocenters. The largest absolute Gasteiger partial charge is 0.491 e. The van der Waals surface area contributed by atoms with Crippen LogP contribution in [0.5, 0.6) is 5.75 Å². The molecule has 1 amide bonds. The second-order valence-electron chi connectivity index (χ2n) is 4.87. The van der Waals surface area contributed by atoms with Crippen molar-refractivity contribution in [1.29, 1.82) is 0 Å². The van der Waals surface area contributed by atoms with Crippen LogP contribution < -0.4 is 15.4 Å². The maximum absolute atomic E-state index is 12.2. The molecule has 2 rings (SSSR count). The van der Waals surface area contributed by atoms with E-state index in [1.165, 1.54) is 0 Å². The summed E-state index contributed by atoms with van der Waals surface area (Å²) >= 11 is 17.2. The van der Waals surface area contributed by atoms with Crippen LogP contribution in [0, 0.1) is 0 Å². The molecule has 2 aromatic rings. The van der Waals surface area contributed by atoms with Crippen molar-refractivity contribution in [2.24, 2.45) is 0 Å². The summed E-state index contributed by atoms with van der Waals surface area (Å²) in [7, 11) is 1.60. The van der Waals surface area contributed by atoms with E-state index in [9.17, 15) is 4.79 Å². The molecular formula is C17H16Cl2N2O3S. The molecule has 25 heavy (non-hydrogen) atoms. The van der Waals surface area contributed by atoms with Crippen molar-refractivity contribution < 1.29 is 14.3 Å². The Labute approximate surface area is 161 Å².